The highest BCUT2D eigenvalue weighted by atomic mass is 16.4. The van der Waals surface area contributed by atoms with Crippen molar-refractivity contribution in [2.45, 2.75) is 12.4 Å². The van der Waals surface area contributed by atoms with Gasteiger partial charge in [-0.15, -0.1) is 0 Å². The number of benzene rings is 2. The third-order valence-electron chi connectivity index (χ3n) is 2.76. The Hall–Kier alpha value is -2.62. The molecule has 0 spiro atoms. The summed E-state index contributed by atoms with van der Waals surface area (Å²) in [6.07, 6.45) is -1.16. The lowest BCUT2D eigenvalue weighted by molar-refractivity contribution is -0.141. The summed E-state index contributed by atoms with van der Waals surface area (Å²) in [4.78, 5) is 23.4. The van der Waals surface area contributed by atoms with Crippen molar-refractivity contribution in [3.8, 4) is 0 Å². The Kier molecular flexibility index (Phi) is 4.05. The number of aliphatic carboxylic acids is 1. The summed E-state index contributed by atoms with van der Waals surface area (Å²) >= 11 is 0. The molecular weight excluding hydrogens is 254 g/mol. The molecule has 0 fully saturated rings. The maximum atomic E-state index is 12.1. The SMILES string of the molecule is [2H]C(C(=O)NC(C(=O)O)c1ccccc1)c1ccccc1. The molecule has 0 aromatic heterocycles. The zero-order chi connectivity index (χ0) is 15.2. The lowest BCUT2D eigenvalue weighted by Crippen LogP contribution is -2.34. The van der Waals surface area contributed by atoms with Crippen molar-refractivity contribution in [3.63, 3.8) is 0 Å². The zero-order valence-electron chi connectivity index (χ0n) is 11.7. The summed E-state index contributed by atoms with van der Waals surface area (Å²) in [7, 11) is 0. The molecule has 2 N–H and O–H groups in total. The van der Waals surface area contributed by atoms with Gasteiger partial charge in [-0.2, -0.15) is 0 Å². The molecule has 2 aromatic carbocycles. The number of rotatable bonds is 5. The molecule has 4 heteroatoms. The highest BCUT2D eigenvalue weighted by Gasteiger charge is 2.21. The van der Waals surface area contributed by atoms with Crippen LogP contribution in [0.3, 0.4) is 0 Å². The molecule has 2 unspecified atom stereocenters. The Balaban J connectivity index is 2.14. The summed E-state index contributed by atoms with van der Waals surface area (Å²) < 4.78 is 7.91. The fourth-order valence-corrected chi connectivity index (χ4v) is 1.82. The van der Waals surface area contributed by atoms with Gasteiger partial charge in [0.25, 0.3) is 0 Å². The van der Waals surface area contributed by atoms with Gasteiger partial charge in [-0.3, -0.25) is 4.79 Å². The highest BCUT2D eigenvalue weighted by Crippen LogP contribution is 2.13. The average Bonchev–Trinajstić information content (AvgIpc) is 2.53. The average molecular weight is 270 g/mol. The number of carbonyl (C=O) groups is 2. The van der Waals surface area contributed by atoms with Crippen LogP contribution >= 0.6 is 0 Å². The summed E-state index contributed by atoms with van der Waals surface area (Å²) in [6.45, 7) is 0. The van der Waals surface area contributed by atoms with Gasteiger partial charge in [0.1, 0.15) is 0 Å². The monoisotopic (exact) mass is 270 g/mol. The molecule has 20 heavy (non-hydrogen) atoms. The number of carboxylic acid groups (broad SMARTS) is 1. The van der Waals surface area contributed by atoms with Crippen molar-refractivity contribution in [2.75, 3.05) is 0 Å². The molecule has 0 saturated carbocycles. The molecule has 0 heterocycles. The lowest BCUT2D eigenvalue weighted by Gasteiger charge is -2.14. The first kappa shape index (κ1) is 12.4. The number of nitrogens with one attached hydrogen (secondary N) is 1. The largest absolute Gasteiger partial charge is 0.479 e. The zero-order valence-corrected chi connectivity index (χ0v) is 10.7. The van der Waals surface area contributed by atoms with Crippen LogP contribution < -0.4 is 5.32 Å². The molecule has 0 bridgehead atoms. The van der Waals surface area contributed by atoms with Crippen LogP contribution in [-0.2, 0) is 16.0 Å². The van der Waals surface area contributed by atoms with Gasteiger partial charge < -0.3 is 10.4 Å². The van der Waals surface area contributed by atoms with Crippen molar-refractivity contribution in [2.24, 2.45) is 0 Å². The van der Waals surface area contributed by atoms with Crippen LogP contribution in [0.25, 0.3) is 0 Å². The Morgan fingerprint density at radius 3 is 2.15 bits per heavy atom. The first-order chi connectivity index (χ1) is 10.1. The minimum Gasteiger partial charge on any atom is -0.479 e. The molecule has 2 rings (SSSR count). The Bertz CT molecular complexity index is 616. The molecule has 0 aliphatic carbocycles. The van der Waals surface area contributed by atoms with Gasteiger partial charge in [0.05, 0.1) is 6.40 Å². The van der Waals surface area contributed by atoms with E-state index >= 15 is 0 Å². The minimum atomic E-state index is -1.16. The molecule has 102 valence electrons. The smallest absolute Gasteiger partial charge is 0.330 e. The van der Waals surface area contributed by atoms with Crippen LogP contribution in [0.1, 0.15) is 18.5 Å². The number of carbonyl (C=O) groups excluding carboxylic acids is 1. The van der Waals surface area contributed by atoms with E-state index in [1.807, 2.05) is 0 Å². The van der Waals surface area contributed by atoms with E-state index in [4.69, 9.17) is 1.37 Å². The number of hydrogen-bond donors (Lipinski definition) is 2. The van der Waals surface area contributed by atoms with Crippen molar-refractivity contribution in [1.29, 1.82) is 0 Å². The van der Waals surface area contributed by atoms with E-state index < -0.39 is 24.3 Å². The second kappa shape index (κ2) is 6.52. The van der Waals surface area contributed by atoms with E-state index in [1.165, 1.54) is 0 Å². The van der Waals surface area contributed by atoms with Gasteiger partial charge in [0.15, 0.2) is 6.04 Å². The molecule has 0 aliphatic rings. The van der Waals surface area contributed by atoms with Gasteiger partial charge in [-0.05, 0) is 11.1 Å². The molecule has 0 aliphatic heterocycles. The Morgan fingerprint density at radius 1 is 1.05 bits per heavy atom. The quantitative estimate of drug-likeness (QED) is 0.875. The number of amides is 1. The maximum absolute atomic E-state index is 12.1. The van der Waals surface area contributed by atoms with E-state index in [1.54, 1.807) is 60.7 Å². The van der Waals surface area contributed by atoms with Crippen LogP contribution in [0.2, 0.25) is 0 Å². The molecule has 0 saturated heterocycles. The van der Waals surface area contributed by atoms with Crippen molar-refractivity contribution >= 4 is 11.9 Å². The molecule has 2 aromatic rings. The van der Waals surface area contributed by atoms with E-state index in [9.17, 15) is 14.7 Å². The van der Waals surface area contributed by atoms with Gasteiger partial charge in [-0.25, -0.2) is 4.79 Å². The van der Waals surface area contributed by atoms with Crippen molar-refractivity contribution < 1.29 is 16.1 Å². The van der Waals surface area contributed by atoms with Crippen LogP contribution in [0.15, 0.2) is 60.7 Å². The summed E-state index contributed by atoms with van der Waals surface area (Å²) in [5.41, 5.74) is 0.991. The van der Waals surface area contributed by atoms with E-state index in [-0.39, 0.29) is 0 Å². The number of hydrogen-bond acceptors (Lipinski definition) is 2. The normalized spacial score (nSPS) is 13.9. The Morgan fingerprint density at radius 2 is 1.60 bits per heavy atom. The second-order valence-electron chi connectivity index (χ2n) is 4.25. The van der Waals surface area contributed by atoms with Gasteiger partial charge in [0, 0.05) is 1.37 Å². The van der Waals surface area contributed by atoms with Gasteiger partial charge in [0.2, 0.25) is 5.91 Å². The van der Waals surface area contributed by atoms with Crippen LogP contribution in [-0.4, -0.2) is 17.0 Å². The predicted octanol–water partition coefficient (Wildman–Crippen LogP) is 2.17. The van der Waals surface area contributed by atoms with Gasteiger partial charge in [-0.1, -0.05) is 60.7 Å². The maximum Gasteiger partial charge on any atom is 0.330 e. The molecular formula is C16H15NO3. The third kappa shape index (κ3) is 3.68. The van der Waals surface area contributed by atoms with Crippen molar-refractivity contribution in [3.05, 3.63) is 71.8 Å². The topological polar surface area (TPSA) is 66.4 Å². The molecule has 1 amide bonds. The fraction of sp³-hybridized carbons (Fsp3) is 0.125. The van der Waals surface area contributed by atoms with E-state index in [0.717, 1.165) is 0 Å². The van der Waals surface area contributed by atoms with Crippen LogP contribution in [0, 0.1) is 0 Å². The highest BCUT2D eigenvalue weighted by molar-refractivity contribution is 5.85. The predicted molar refractivity (Wildman–Crippen MR) is 75.1 cm³/mol. The first-order valence-corrected chi connectivity index (χ1v) is 6.15. The van der Waals surface area contributed by atoms with Crippen LogP contribution in [0.5, 0.6) is 0 Å². The molecule has 4 nitrogen and oxygen atoms in total. The summed E-state index contributed by atoms with van der Waals surface area (Å²) in [6, 6.07) is 15.8. The second-order valence-corrected chi connectivity index (χ2v) is 4.25. The third-order valence-corrected chi connectivity index (χ3v) is 2.76. The van der Waals surface area contributed by atoms with Crippen molar-refractivity contribution in [1.82, 2.24) is 5.32 Å². The lowest BCUT2D eigenvalue weighted by atomic mass is 10.1. The standard InChI is InChI=1S/C16H15NO3/c18-14(11-12-7-3-1-4-8-12)17-15(16(19)20)13-9-5-2-6-10-13/h1-10,15H,11H2,(H,17,18)(H,19,20)/i11D. The summed E-state index contributed by atoms with van der Waals surface area (Å²) in [5, 5.41) is 11.7. The van der Waals surface area contributed by atoms with E-state index in [0.29, 0.717) is 11.1 Å². The molecule has 0 radical (unpaired) electrons. The molecule has 2 atom stereocenters. The fourth-order valence-electron chi connectivity index (χ4n) is 1.82. The van der Waals surface area contributed by atoms with E-state index in [2.05, 4.69) is 5.32 Å². The Labute approximate surface area is 118 Å². The number of carboxylic acids is 1. The summed E-state index contributed by atoms with van der Waals surface area (Å²) in [5.74, 6) is -1.80. The minimum absolute atomic E-state index is 0.471. The van der Waals surface area contributed by atoms with Gasteiger partial charge >= 0.3 is 5.97 Å². The van der Waals surface area contributed by atoms with Crippen LogP contribution in [0.4, 0.5) is 0 Å². The first-order valence-electron chi connectivity index (χ1n) is 6.72.